The molecule has 4 fully saturated rings. The third-order valence-electron chi connectivity index (χ3n) is 12.6. The number of benzene rings is 3. The number of pyridine rings is 1. The standard InChI is InChI=1S/C43H39ClF2N6O3/c44-37-30(46)11-10-26-19-31-29(21-48-52(31)32-9-4-5-18-53-32)34(33(26)37)38-36-28(12-16-47-38)35-39(43(36)14-15-43)49-41(50-40(35)54-23-25-7-2-1-3-8-25)55-24-42-13-6-17-51(42)22-27(45)20-42/h1-3,7-8,10-12,16,19,21,27,32H,4-6,9,13-15,17-18,20,22-24H2/t27-,32?,42+/m1/s1. The van der Waals surface area contributed by atoms with Gasteiger partial charge in [-0.2, -0.15) is 15.1 Å². The summed E-state index contributed by atoms with van der Waals surface area (Å²) >= 11 is 6.90. The molecule has 9 nitrogen and oxygen atoms in total. The summed E-state index contributed by atoms with van der Waals surface area (Å²) in [6, 6.07) is 17.4. The topological polar surface area (TPSA) is 87.4 Å². The minimum absolute atomic E-state index is 0.0425. The number of halogens is 3. The van der Waals surface area contributed by atoms with E-state index in [-0.39, 0.29) is 22.8 Å². The minimum atomic E-state index is -0.866. The average molecular weight is 761 g/mol. The van der Waals surface area contributed by atoms with E-state index < -0.39 is 17.4 Å². The van der Waals surface area contributed by atoms with Crippen LogP contribution in [0.25, 0.3) is 44.1 Å². The van der Waals surface area contributed by atoms with Gasteiger partial charge >= 0.3 is 6.01 Å². The summed E-state index contributed by atoms with van der Waals surface area (Å²) in [5.41, 5.74) is 6.02. The van der Waals surface area contributed by atoms with Crippen LogP contribution in [-0.2, 0) is 16.8 Å². The van der Waals surface area contributed by atoms with Crippen LogP contribution in [0.1, 0.15) is 74.4 Å². The van der Waals surface area contributed by atoms with Gasteiger partial charge in [0, 0.05) is 47.5 Å². The van der Waals surface area contributed by atoms with E-state index in [1.807, 2.05) is 53.3 Å². The number of hydrogen-bond donors (Lipinski definition) is 0. The molecular formula is C43H39ClF2N6O3. The normalized spacial score (nSPS) is 23.7. The molecule has 0 radical (unpaired) electrons. The van der Waals surface area contributed by atoms with Crippen LogP contribution in [0, 0.1) is 5.82 Å². The molecule has 6 aromatic rings. The van der Waals surface area contributed by atoms with Gasteiger partial charge in [-0.3, -0.25) is 9.88 Å². The first kappa shape index (κ1) is 33.6. The highest BCUT2D eigenvalue weighted by Gasteiger charge is 2.57. The summed E-state index contributed by atoms with van der Waals surface area (Å²) in [6.07, 6.45) is 9.49. The fourth-order valence-electron chi connectivity index (χ4n) is 9.95. The molecule has 12 heteroatoms. The first-order valence-electron chi connectivity index (χ1n) is 19.4. The fourth-order valence-corrected chi connectivity index (χ4v) is 10.2. The van der Waals surface area contributed by atoms with Crippen molar-refractivity contribution in [3.05, 3.63) is 94.7 Å². The Labute approximate surface area is 321 Å². The Balaban J connectivity index is 1.08. The monoisotopic (exact) mass is 760 g/mol. The second-order valence-corrected chi connectivity index (χ2v) is 16.3. The van der Waals surface area contributed by atoms with Crippen molar-refractivity contribution in [2.45, 2.75) is 81.3 Å². The lowest BCUT2D eigenvalue weighted by molar-refractivity contribution is -0.0366. The highest BCUT2D eigenvalue weighted by Crippen LogP contribution is 2.66. The van der Waals surface area contributed by atoms with Gasteiger partial charge < -0.3 is 14.2 Å². The van der Waals surface area contributed by atoms with Gasteiger partial charge in [-0.05, 0) is 91.8 Å². The van der Waals surface area contributed by atoms with E-state index in [0.29, 0.717) is 49.7 Å². The Morgan fingerprint density at radius 1 is 0.982 bits per heavy atom. The molecule has 5 aliphatic rings. The van der Waals surface area contributed by atoms with E-state index >= 15 is 4.39 Å². The molecule has 0 amide bonds. The van der Waals surface area contributed by atoms with Crippen LogP contribution >= 0.6 is 11.6 Å². The molecule has 0 bridgehead atoms. The van der Waals surface area contributed by atoms with E-state index in [0.717, 1.165) is 101 Å². The predicted octanol–water partition coefficient (Wildman–Crippen LogP) is 9.13. The van der Waals surface area contributed by atoms with Crippen molar-refractivity contribution in [3.63, 3.8) is 0 Å². The molecule has 0 N–H and O–H groups in total. The number of aromatic nitrogens is 5. The predicted molar refractivity (Wildman–Crippen MR) is 205 cm³/mol. The highest BCUT2D eigenvalue weighted by atomic mass is 35.5. The lowest BCUT2D eigenvalue weighted by Crippen LogP contribution is -2.43. The quantitative estimate of drug-likeness (QED) is 0.152. The van der Waals surface area contributed by atoms with Gasteiger partial charge in [0.05, 0.1) is 39.2 Å². The van der Waals surface area contributed by atoms with Crippen LogP contribution in [0.4, 0.5) is 8.78 Å². The number of rotatable bonds is 8. The molecule has 3 saturated heterocycles. The maximum absolute atomic E-state index is 15.4. The minimum Gasteiger partial charge on any atom is -0.472 e. The SMILES string of the molecule is Fc1ccc2cc3c(cnn3C3CCCCO3)c(-c3nccc4c3C3(CC3)c3nc(OC[C@@]56CCCN5C[C@H](F)C6)nc(OCc5ccccc5)c3-4)c2c1Cl. The molecule has 3 aliphatic heterocycles. The fraction of sp³-hybridized carbons (Fsp3) is 0.395. The van der Waals surface area contributed by atoms with Crippen molar-refractivity contribution in [2.24, 2.45) is 0 Å². The molecule has 55 heavy (non-hydrogen) atoms. The Morgan fingerprint density at radius 3 is 2.71 bits per heavy atom. The van der Waals surface area contributed by atoms with Crippen molar-refractivity contribution in [1.29, 1.82) is 0 Å². The van der Waals surface area contributed by atoms with Crippen LogP contribution in [0.15, 0.2) is 67.0 Å². The summed E-state index contributed by atoms with van der Waals surface area (Å²) in [5, 5.41) is 7.10. The first-order valence-corrected chi connectivity index (χ1v) is 19.8. The molecule has 3 atom stereocenters. The maximum Gasteiger partial charge on any atom is 0.320 e. The Kier molecular flexibility index (Phi) is 7.74. The zero-order valence-corrected chi connectivity index (χ0v) is 31.0. The van der Waals surface area contributed by atoms with Gasteiger partial charge in [-0.1, -0.05) is 48.0 Å². The second kappa shape index (κ2) is 12.7. The zero-order chi connectivity index (χ0) is 36.9. The number of ether oxygens (including phenoxy) is 3. The molecule has 280 valence electrons. The van der Waals surface area contributed by atoms with E-state index in [4.69, 9.17) is 45.9 Å². The maximum atomic E-state index is 15.4. The van der Waals surface area contributed by atoms with Crippen LogP contribution in [0.2, 0.25) is 5.02 Å². The third kappa shape index (κ3) is 5.22. The van der Waals surface area contributed by atoms with Crippen LogP contribution in [0.3, 0.4) is 0 Å². The van der Waals surface area contributed by atoms with Gasteiger partial charge in [-0.15, -0.1) is 0 Å². The van der Waals surface area contributed by atoms with Crippen LogP contribution in [-0.4, -0.2) is 67.6 Å². The van der Waals surface area contributed by atoms with Crippen molar-refractivity contribution in [2.75, 3.05) is 26.3 Å². The van der Waals surface area contributed by atoms with Gasteiger partial charge in [0.15, 0.2) is 6.23 Å². The molecule has 3 aromatic carbocycles. The lowest BCUT2D eigenvalue weighted by Gasteiger charge is -2.30. The number of nitrogens with zero attached hydrogens (tertiary/aromatic N) is 6. The summed E-state index contributed by atoms with van der Waals surface area (Å²) < 4.78 is 51.4. The van der Waals surface area contributed by atoms with Gasteiger partial charge in [0.25, 0.3) is 0 Å². The van der Waals surface area contributed by atoms with Gasteiger partial charge in [0.2, 0.25) is 5.88 Å². The Hall–Kier alpha value is -4.71. The molecule has 2 aliphatic carbocycles. The molecule has 1 spiro atoms. The van der Waals surface area contributed by atoms with Crippen molar-refractivity contribution in [3.8, 4) is 34.3 Å². The summed E-state index contributed by atoms with van der Waals surface area (Å²) in [6.45, 7) is 2.59. The molecule has 11 rings (SSSR count). The number of hydrogen-bond acceptors (Lipinski definition) is 8. The molecule has 3 aromatic heterocycles. The Morgan fingerprint density at radius 2 is 1.87 bits per heavy atom. The lowest BCUT2D eigenvalue weighted by atomic mass is 9.88. The summed E-state index contributed by atoms with van der Waals surface area (Å²) in [4.78, 5) is 17.4. The highest BCUT2D eigenvalue weighted by molar-refractivity contribution is 6.38. The zero-order valence-electron chi connectivity index (χ0n) is 30.2. The summed E-state index contributed by atoms with van der Waals surface area (Å²) in [5.74, 6) is -0.0725. The second-order valence-electron chi connectivity index (χ2n) is 15.9. The van der Waals surface area contributed by atoms with Crippen molar-refractivity contribution in [1.82, 2.24) is 29.6 Å². The van der Waals surface area contributed by atoms with E-state index in [1.54, 1.807) is 12.3 Å². The third-order valence-corrected chi connectivity index (χ3v) is 13.0. The summed E-state index contributed by atoms with van der Waals surface area (Å²) in [7, 11) is 0. The number of alkyl halides is 1. The first-order chi connectivity index (χ1) is 26.9. The smallest absolute Gasteiger partial charge is 0.320 e. The Bertz CT molecular complexity index is 2500. The number of fused-ring (bicyclic) bond motifs is 8. The molecule has 6 heterocycles. The van der Waals surface area contributed by atoms with Gasteiger partial charge in [0.1, 0.15) is 25.2 Å². The average Bonchev–Trinajstić information content (AvgIpc) is 3.43. The van der Waals surface area contributed by atoms with E-state index in [2.05, 4.69) is 4.90 Å². The van der Waals surface area contributed by atoms with Crippen molar-refractivity contribution >= 4 is 33.3 Å². The van der Waals surface area contributed by atoms with E-state index in [9.17, 15) is 4.39 Å². The molecular weight excluding hydrogens is 722 g/mol. The van der Waals surface area contributed by atoms with Crippen LogP contribution < -0.4 is 9.47 Å². The van der Waals surface area contributed by atoms with Gasteiger partial charge in [-0.25, -0.2) is 13.5 Å². The van der Waals surface area contributed by atoms with Crippen LogP contribution in [0.5, 0.6) is 11.9 Å². The van der Waals surface area contributed by atoms with Crippen molar-refractivity contribution < 1.29 is 23.0 Å². The van der Waals surface area contributed by atoms with E-state index in [1.165, 1.54) is 6.07 Å². The molecule has 1 saturated carbocycles. The molecule has 1 unspecified atom stereocenters. The largest absolute Gasteiger partial charge is 0.472 e.